The third-order valence-electron chi connectivity index (χ3n) is 5.63. The molecule has 1 aromatic rings. The maximum Gasteiger partial charge on any atom is 0.290 e. The summed E-state index contributed by atoms with van der Waals surface area (Å²) in [4.78, 5) is 28.9. The smallest absolute Gasteiger partial charge is 0.290 e. The van der Waals surface area contributed by atoms with Gasteiger partial charge in [0.2, 0.25) is 0 Å². The first-order valence-corrected chi connectivity index (χ1v) is 10.4. The molecule has 0 saturated heterocycles. The number of aliphatic hydroxyl groups excluding tert-OH is 1. The van der Waals surface area contributed by atoms with E-state index in [0.717, 1.165) is 36.1 Å². The van der Waals surface area contributed by atoms with E-state index in [4.69, 9.17) is 4.74 Å². The number of thioether (sulfide) groups is 1. The van der Waals surface area contributed by atoms with E-state index >= 15 is 0 Å². The highest BCUT2D eigenvalue weighted by Crippen LogP contribution is 2.46. The molecule has 4 rings (SSSR count). The van der Waals surface area contributed by atoms with Crippen molar-refractivity contribution >= 4 is 23.5 Å². The lowest BCUT2D eigenvalue weighted by molar-refractivity contribution is -0.135. The van der Waals surface area contributed by atoms with Crippen LogP contribution in [-0.2, 0) is 14.3 Å². The molecule has 1 saturated carbocycles. The van der Waals surface area contributed by atoms with Gasteiger partial charge in [-0.3, -0.25) is 9.59 Å². The Hall–Kier alpha value is -1.79. The summed E-state index contributed by atoms with van der Waals surface area (Å²) in [5.41, 5.74) is 1.38. The molecule has 3 atom stereocenters. The van der Waals surface area contributed by atoms with Crippen LogP contribution in [0.25, 0.3) is 0 Å². The van der Waals surface area contributed by atoms with Crippen molar-refractivity contribution in [3.8, 4) is 0 Å². The lowest BCUT2D eigenvalue weighted by Gasteiger charge is -2.35. The quantitative estimate of drug-likeness (QED) is 0.822. The maximum absolute atomic E-state index is 13.3. The maximum atomic E-state index is 13.3. The molecular weight excluding hydrogens is 350 g/mol. The van der Waals surface area contributed by atoms with Crippen molar-refractivity contribution in [2.45, 2.75) is 42.7 Å². The number of hydrogen-bond donors (Lipinski definition) is 1. The number of rotatable bonds is 4. The van der Waals surface area contributed by atoms with Gasteiger partial charge in [-0.25, -0.2) is 0 Å². The Balaban J connectivity index is 1.77. The second-order valence-corrected chi connectivity index (χ2v) is 7.93. The summed E-state index contributed by atoms with van der Waals surface area (Å²) in [5, 5.41) is 9.46. The highest BCUT2D eigenvalue weighted by Gasteiger charge is 2.51. The standard InChI is InChI=1S/C20H23NO4S/c1-26-13-8-6-12(7-9-13)17-16-18(23)14-4-2-3-5-15(14)25-19(16)20(24)21(17)10-11-22/h6-9,14-15,17,22H,2-5,10-11H2,1H3. The molecule has 26 heavy (non-hydrogen) atoms. The van der Waals surface area contributed by atoms with Crippen LogP contribution in [0.5, 0.6) is 0 Å². The lowest BCUT2D eigenvalue weighted by atomic mass is 9.77. The van der Waals surface area contributed by atoms with Gasteiger partial charge in [0.15, 0.2) is 11.5 Å². The number of Topliss-reactive ketones (excluding diaryl/α,β-unsaturated/α-hetero) is 1. The molecule has 2 aliphatic heterocycles. The number of ether oxygens (including phenoxy) is 1. The summed E-state index contributed by atoms with van der Waals surface area (Å²) in [5.74, 6) is -0.142. The van der Waals surface area contributed by atoms with Gasteiger partial charge in [0.25, 0.3) is 5.91 Å². The third-order valence-corrected chi connectivity index (χ3v) is 6.37. The van der Waals surface area contributed by atoms with Gasteiger partial charge >= 0.3 is 0 Å². The van der Waals surface area contributed by atoms with Crippen molar-refractivity contribution < 1.29 is 19.4 Å². The average molecular weight is 373 g/mol. The van der Waals surface area contributed by atoms with Crippen LogP contribution in [0.4, 0.5) is 0 Å². The first kappa shape index (κ1) is 17.6. The van der Waals surface area contributed by atoms with Crippen molar-refractivity contribution in [2.24, 2.45) is 5.92 Å². The number of ketones is 1. The minimum Gasteiger partial charge on any atom is -0.483 e. The first-order chi connectivity index (χ1) is 12.7. The Morgan fingerprint density at radius 1 is 1.19 bits per heavy atom. The summed E-state index contributed by atoms with van der Waals surface area (Å²) in [7, 11) is 0. The van der Waals surface area contributed by atoms with E-state index in [1.54, 1.807) is 16.7 Å². The van der Waals surface area contributed by atoms with Crippen molar-refractivity contribution in [2.75, 3.05) is 19.4 Å². The molecule has 0 aromatic heterocycles. The van der Waals surface area contributed by atoms with Crippen LogP contribution in [0, 0.1) is 5.92 Å². The van der Waals surface area contributed by atoms with Crippen LogP contribution in [0.3, 0.4) is 0 Å². The number of amides is 1. The van der Waals surface area contributed by atoms with Crippen molar-refractivity contribution in [3.05, 3.63) is 41.2 Å². The van der Waals surface area contributed by atoms with Gasteiger partial charge in [-0.15, -0.1) is 11.8 Å². The fourth-order valence-electron chi connectivity index (χ4n) is 4.36. The zero-order valence-corrected chi connectivity index (χ0v) is 15.6. The Labute approximate surface area is 157 Å². The number of benzene rings is 1. The fraction of sp³-hybridized carbons (Fsp3) is 0.500. The molecule has 1 aromatic carbocycles. The van der Waals surface area contributed by atoms with Gasteiger partial charge in [-0.05, 0) is 43.2 Å². The topological polar surface area (TPSA) is 66.8 Å². The molecule has 0 bridgehead atoms. The van der Waals surface area contributed by atoms with Crippen LogP contribution < -0.4 is 0 Å². The van der Waals surface area contributed by atoms with Crippen molar-refractivity contribution in [3.63, 3.8) is 0 Å². The lowest BCUT2D eigenvalue weighted by Crippen LogP contribution is -2.39. The number of β-amino-alcohol motifs (C(OH)–C–C–N with tert-alkyl or cyclic N) is 1. The van der Waals surface area contributed by atoms with Gasteiger partial charge in [0, 0.05) is 11.4 Å². The van der Waals surface area contributed by atoms with Crippen LogP contribution in [-0.4, -0.2) is 47.2 Å². The van der Waals surface area contributed by atoms with Crippen LogP contribution in [0.2, 0.25) is 0 Å². The molecule has 1 N–H and O–H groups in total. The summed E-state index contributed by atoms with van der Waals surface area (Å²) >= 11 is 1.65. The number of fused-ring (bicyclic) bond motifs is 1. The zero-order chi connectivity index (χ0) is 18.3. The molecule has 1 amide bonds. The first-order valence-electron chi connectivity index (χ1n) is 9.16. The summed E-state index contributed by atoms with van der Waals surface area (Å²) in [6.45, 7) is 0.0412. The number of aliphatic hydroxyl groups is 1. The van der Waals surface area contributed by atoms with E-state index in [1.807, 2.05) is 30.5 Å². The van der Waals surface area contributed by atoms with Gasteiger partial charge in [0.05, 0.1) is 24.1 Å². The van der Waals surface area contributed by atoms with Crippen molar-refractivity contribution in [1.29, 1.82) is 0 Å². The van der Waals surface area contributed by atoms with Gasteiger partial charge in [-0.2, -0.15) is 0 Å². The average Bonchev–Trinajstić information content (AvgIpc) is 2.95. The van der Waals surface area contributed by atoms with Crippen LogP contribution in [0.15, 0.2) is 40.5 Å². The minimum atomic E-state index is -0.462. The molecule has 6 heteroatoms. The van der Waals surface area contributed by atoms with E-state index in [0.29, 0.717) is 5.57 Å². The van der Waals surface area contributed by atoms with Gasteiger partial charge in [-0.1, -0.05) is 18.6 Å². The van der Waals surface area contributed by atoms with Crippen molar-refractivity contribution in [1.82, 2.24) is 4.90 Å². The summed E-state index contributed by atoms with van der Waals surface area (Å²) < 4.78 is 6.05. The SMILES string of the molecule is CSc1ccc(C2C3=C(OC4CCCCC4C3=O)C(=O)N2CCO)cc1. The van der Waals surface area contributed by atoms with E-state index in [2.05, 4.69) is 0 Å². The molecule has 1 fully saturated rings. The molecule has 1 aliphatic carbocycles. The summed E-state index contributed by atoms with van der Waals surface area (Å²) in [6, 6.07) is 7.46. The van der Waals surface area contributed by atoms with E-state index in [-0.39, 0.29) is 42.6 Å². The van der Waals surface area contributed by atoms with Gasteiger partial charge in [0.1, 0.15) is 6.10 Å². The molecule has 2 heterocycles. The molecule has 0 spiro atoms. The second-order valence-electron chi connectivity index (χ2n) is 7.05. The molecule has 138 valence electrons. The Morgan fingerprint density at radius 3 is 2.62 bits per heavy atom. The number of carbonyl (C=O) groups is 2. The highest BCUT2D eigenvalue weighted by atomic mass is 32.2. The molecule has 3 unspecified atom stereocenters. The van der Waals surface area contributed by atoms with Gasteiger partial charge < -0.3 is 14.7 Å². The summed E-state index contributed by atoms with van der Waals surface area (Å²) in [6.07, 6.45) is 5.55. The fourth-order valence-corrected chi connectivity index (χ4v) is 4.77. The predicted octanol–water partition coefficient (Wildman–Crippen LogP) is 2.70. The van der Waals surface area contributed by atoms with E-state index < -0.39 is 6.04 Å². The number of nitrogens with zero attached hydrogens (tertiary/aromatic N) is 1. The number of carbonyl (C=O) groups excluding carboxylic acids is 2. The number of hydrogen-bond acceptors (Lipinski definition) is 5. The Morgan fingerprint density at radius 2 is 1.92 bits per heavy atom. The minimum absolute atomic E-state index is 0.0590. The Bertz CT molecular complexity index is 758. The monoisotopic (exact) mass is 373 g/mol. The van der Waals surface area contributed by atoms with E-state index in [1.165, 1.54) is 0 Å². The normalized spacial score (nSPS) is 28.1. The van der Waals surface area contributed by atoms with E-state index in [9.17, 15) is 14.7 Å². The Kier molecular flexibility index (Phi) is 4.80. The van der Waals surface area contributed by atoms with Crippen LogP contribution in [0.1, 0.15) is 37.3 Å². The highest BCUT2D eigenvalue weighted by molar-refractivity contribution is 7.98. The zero-order valence-electron chi connectivity index (χ0n) is 14.8. The van der Waals surface area contributed by atoms with Crippen LogP contribution >= 0.6 is 11.8 Å². The molecular formula is C20H23NO4S. The predicted molar refractivity (Wildman–Crippen MR) is 98.6 cm³/mol. The largest absolute Gasteiger partial charge is 0.483 e. The molecule has 3 aliphatic rings. The molecule has 0 radical (unpaired) electrons. The second kappa shape index (κ2) is 7.08. The third kappa shape index (κ3) is 2.76. The molecule has 5 nitrogen and oxygen atoms in total.